The monoisotopic (exact) mass is 299 g/mol. The zero-order valence-electron chi connectivity index (χ0n) is 13.3. The Kier molecular flexibility index (Phi) is 3.72. The molecule has 2 aromatic rings. The number of carbonyl (C=O) groups is 1. The second kappa shape index (κ2) is 5.55. The molecule has 5 heteroatoms. The van der Waals surface area contributed by atoms with Gasteiger partial charge in [-0.2, -0.15) is 4.98 Å². The van der Waals surface area contributed by atoms with Crippen LogP contribution in [0.2, 0.25) is 0 Å². The minimum absolute atomic E-state index is 0.0677. The number of hydrogen-bond acceptors (Lipinski definition) is 4. The van der Waals surface area contributed by atoms with Gasteiger partial charge in [0, 0.05) is 12.5 Å². The van der Waals surface area contributed by atoms with Crippen molar-refractivity contribution >= 4 is 5.91 Å². The van der Waals surface area contributed by atoms with Crippen molar-refractivity contribution in [1.82, 2.24) is 15.5 Å². The minimum atomic E-state index is -0.494. The van der Waals surface area contributed by atoms with Crippen LogP contribution in [-0.2, 0) is 5.54 Å². The van der Waals surface area contributed by atoms with E-state index in [0.717, 1.165) is 36.8 Å². The van der Waals surface area contributed by atoms with Crippen LogP contribution in [-0.4, -0.2) is 16.0 Å². The van der Waals surface area contributed by atoms with Crippen LogP contribution < -0.4 is 5.32 Å². The van der Waals surface area contributed by atoms with Gasteiger partial charge in [-0.1, -0.05) is 35.7 Å². The smallest absolute Gasteiger partial charge is 0.252 e. The van der Waals surface area contributed by atoms with Crippen LogP contribution in [0.1, 0.15) is 58.9 Å². The fourth-order valence-corrected chi connectivity index (χ4v) is 3.23. The molecule has 1 amide bonds. The lowest BCUT2D eigenvalue weighted by molar-refractivity contribution is 0.0891. The van der Waals surface area contributed by atoms with Crippen LogP contribution in [0.4, 0.5) is 0 Å². The fraction of sp³-hybridized carbons (Fsp3) is 0.471. The molecule has 1 N–H and O–H groups in total. The van der Waals surface area contributed by atoms with E-state index in [1.54, 1.807) is 6.92 Å². The third-order valence-electron chi connectivity index (χ3n) is 4.39. The van der Waals surface area contributed by atoms with Gasteiger partial charge in [0.15, 0.2) is 5.82 Å². The van der Waals surface area contributed by atoms with Crippen molar-refractivity contribution in [2.24, 2.45) is 0 Å². The lowest BCUT2D eigenvalue weighted by Gasteiger charge is -2.27. The number of rotatable bonds is 3. The molecule has 1 saturated carbocycles. The first-order chi connectivity index (χ1) is 10.5. The predicted octanol–water partition coefficient (Wildman–Crippen LogP) is 3.19. The molecule has 0 unspecified atom stereocenters. The molecule has 0 saturated heterocycles. The maximum Gasteiger partial charge on any atom is 0.252 e. The summed E-state index contributed by atoms with van der Waals surface area (Å²) in [4.78, 5) is 17.1. The van der Waals surface area contributed by atoms with Crippen molar-refractivity contribution < 1.29 is 9.32 Å². The van der Waals surface area contributed by atoms with Crippen LogP contribution in [0.3, 0.4) is 0 Å². The van der Waals surface area contributed by atoms with E-state index in [9.17, 15) is 4.79 Å². The summed E-state index contributed by atoms with van der Waals surface area (Å²) in [6.45, 7) is 5.75. The first kappa shape index (κ1) is 14.8. The topological polar surface area (TPSA) is 68.0 Å². The molecule has 22 heavy (non-hydrogen) atoms. The molecule has 0 atom stereocenters. The van der Waals surface area contributed by atoms with Gasteiger partial charge < -0.3 is 9.84 Å². The van der Waals surface area contributed by atoms with Crippen molar-refractivity contribution in [1.29, 1.82) is 0 Å². The molecule has 116 valence electrons. The standard InChI is InChI=1S/C17H21N3O2/c1-11-6-7-14(12(2)10-11)15(21)19-17(8-4-5-9-17)16-18-13(3)22-20-16/h6-7,10H,4-5,8-9H2,1-3H3,(H,19,21). The molecular formula is C17H21N3O2. The Hall–Kier alpha value is -2.17. The molecule has 1 aliphatic carbocycles. The number of hydrogen-bond donors (Lipinski definition) is 1. The number of nitrogens with zero attached hydrogens (tertiary/aromatic N) is 2. The Morgan fingerprint density at radius 1 is 1.23 bits per heavy atom. The van der Waals surface area contributed by atoms with Gasteiger partial charge in [-0.25, -0.2) is 0 Å². The number of carbonyl (C=O) groups excluding carboxylic acids is 1. The maximum absolute atomic E-state index is 12.7. The zero-order valence-corrected chi connectivity index (χ0v) is 13.3. The lowest BCUT2D eigenvalue weighted by atomic mass is 9.95. The molecule has 5 nitrogen and oxygen atoms in total. The van der Waals surface area contributed by atoms with E-state index in [1.807, 2.05) is 32.0 Å². The van der Waals surface area contributed by atoms with Crippen molar-refractivity contribution in [2.75, 3.05) is 0 Å². The Balaban J connectivity index is 1.89. The third-order valence-corrected chi connectivity index (χ3v) is 4.39. The minimum Gasteiger partial charge on any atom is -0.340 e. The largest absolute Gasteiger partial charge is 0.340 e. The van der Waals surface area contributed by atoms with Gasteiger partial charge in [-0.05, 0) is 38.3 Å². The van der Waals surface area contributed by atoms with E-state index >= 15 is 0 Å². The van der Waals surface area contributed by atoms with Crippen molar-refractivity contribution in [3.63, 3.8) is 0 Å². The average Bonchev–Trinajstić information content (AvgIpc) is 3.08. The number of amides is 1. The van der Waals surface area contributed by atoms with Gasteiger partial charge in [0.1, 0.15) is 5.54 Å². The number of aryl methyl sites for hydroxylation is 3. The summed E-state index contributed by atoms with van der Waals surface area (Å²) in [5.74, 6) is 1.06. The molecule has 3 rings (SSSR count). The second-order valence-electron chi connectivity index (χ2n) is 6.20. The molecule has 1 aromatic heterocycles. The Morgan fingerprint density at radius 2 is 1.95 bits per heavy atom. The van der Waals surface area contributed by atoms with Crippen molar-refractivity contribution in [3.05, 3.63) is 46.6 Å². The maximum atomic E-state index is 12.7. The zero-order chi connectivity index (χ0) is 15.7. The molecule has 0 radical (unpaired) electrons. The second-order valence-corrected chi connectivity index (χ2v) is 6.20. The third kappa shape index (κ3) is 2.63. The normalized spacial score (nSPS) is 16.7. The summed E-state index contributed by atoms with van der Waals surface area (Å²) in [5, 5.41) is 7.23. The Morgan fingerprint density at radius 3 is 2.55 bits per heavy atom. The highest BCUT2D eigenvalue weighted by molar-refractivity contribution is 5.96. The molecule has 1 heterocycles. The van der Waals surface area contributed by atoms with Gasteiger partial charge in [-0.15, -0.1) is 0 Å². The number of nitrogens with one attached hydrogen (secondary N) is 1. The number of aromatic nitrogens is 2. The van der Waals surface area contributed by atoms with E-state index < -0.39 is 5.54 Å². The van der Waals surface area contributed by atoms with Gasteiger partial charge in [-0.3, -0.25) is 4.79 Å². The van der Waals surface area contributed by atoms with Crippen molar-refractivity contribution in [2.45, 2.75) is 52.0 Å². The average molecular weight is 299 g/mol. The number of benzene rings is 1. The van der Waals surface area contributed by atoms with E-state index in [4.69, 9.17) is 4.52 Å². The van der Waals surface area contributed by atoms with E-state index in [2.05, 4.69) is 15.5 Å². The van der Waals surface area contributed by atoms with Gasteiger partial charge >= 0.3 is 0 Å². The summed E-state index contributed by atoms with van der Waals surface area (Å²) in [6.07, 6.45) is 3.81. The van der Waals surface area contributed by atoms with Crippen molar-refractivity contribution in [3.8, 4) is 0 Å². The summed E-state index contributed by atoms with van der Waals surface area (Å²) >= 11 is 0. The Labute approximate surface area is 130 Å². The summed E-state index contributed by atoms with van der Waals surface area (Å²) in [5.41, 5.74) is 2.34. The van der Waals surface area contributed by atoms with Crippen LogP contribution >= 0.6 is 0 Å². The summed E-state index contributed by atoms with van der Waals surface area (Å²) < 4.78 is 5.12. The highest BCUT2D eigenvalue weighted by atomic mass is 16.5. The van der Waals surface area contributed by atoms with Crippen LogP contribution in [0.5, 0.6) is 0 Å². The molecule has 1 fully saturated rings. The summed E-state index contributed by atoms with van der Waals surface area (Å²) in [6, 6.07) is 5.86. The summed E-state index contributed by atoms with van der Waals surface area (Å²) in [7, 11) is 0. The lowest BCUT2D eigenvalue weighted by Crippen LogP contribution is -2.44. The quantitative estimate of drug-likeness (QED) is 0.945. The van der Waals surface area contributed by atoms with E-state index in [1.165, 1.54) is 0 Å². The Bertz CT molecular complexity index is 700. The predicted molar refractivity (Wildman–Crippen MR) is 82.6 cm³/mol. The van der Waals surface area contributed by atoms with Crippen LogP contribution in [0.15, 0.2) is 22.7 Å². The van der Waals surface area contributed by atoms with Gasteiger partial charge in [0.25, 0.3) is 5.91 Å². The molecule has 0 aliphatic heterocycles. The molecule has 0 bridgehead atoms. The first-order valence-electron chi connectivity index (χ1n) is 7.71. The molecule has 1 aliphatic rings. The van der Waals surface area contributed by atoms with Crippen LogP contribution in [0.25, 0.3) is 0 Å². The van der Waals surface area contributed by atoms with Gasteiger partial charge in [0.05, 0.1) is 0 Å². The highest BCUT2D eigenvalue weighted by Crippen LogP contribution is 2.37. The first-order valence-corrected chi connectivity index (χ1v) is 7.71. The molecule has 0 spiro atoms. The van der Waals surface area contributed by atoms with E-state index in [0.29, 0.717) is 17.3 Å². The SMILES string of the molecule is Cc1ccc(C(=O)NC2(c3noc(C)n3)CCCC2)c(C)c1. The highest BCUT2D eigenvalue weighted by Gasteiger charge is 2.41. The molecular weight excluding hydrogens is 278 g/mol. The molecule has 1 aromatic carbocycles. The van der Waals surface area contributed by atoms with E-state index in [-0.39, 0.29) is 5.91 Å². The van der Waals surface area contributed by atoms with Crippen LogP contribution in [0, 0.1) is 20.8 Å². The van der Waals surface area contributed by atoms with Gasteiger partial charge in [0.2, 0.25) is 5.89 Å². The fourth-order valence-electron chi connectivity index (χ4n) is 3.23.